The highest BCUT2D eigenvalue weighted by atomic mass is 16.4. The predicted molar refractivity (Wildman–Crippen MR) is 81.6 cm³/mol. The Morgan fingerprint density at radius 3 is 2.78 bits per heavy atom. The maximum absolute atomic E-state index is 11.8. The van der Waals surface area contributed by atoms with Gasteiger partial charge in [0.25, 0.3) is 0 Å². The van der Waals surface area contributed by atoms with Gasteiger partial charge in [-0.15, -0.1) is 0 Å². The first-order valence-corrected chi connectivity index (χ1v) is 7.34. The van der Waals surface area contributed by atoms with Crippen molar-refractivity contribution in [3.8, 4) is 11.3 Å². The van der Waals surface area contributed by atoms with Crippen molar-refractivity contribution in [3.63, 3.8) is 0 Å². The molecule has 3 rings (SSSR count). The van der Waals surface area contributed by atoms with E-state index in [1.165, 1.54) is 12.3 Å². The van der Waals surface area contributed by atoms with Crippen LogP contribution >= 0.6 is 0 Å². The molecule has 1 fully saturated rings. The van der Waals surface area contributed by atoms with Crippen LogP contribution in [0.15, 0.2) is 30.9 Å². The zero-order valence-corrected chi connectivity index (χ0v) is 12.6. The molecule has 1 unspecified atom stereocenters. The van der Waals surface area contributed by atoms with Crippen molar-refractivity contribution in [1.29, 1.82) is 0 Å². The number of likely N-dealkylation sites (tertiary alicyclic amines) is 1. The molecule has 0 saturated carbocycles. The van der Waals surface area contributed by atoms with Gasteiger partial charge in [-0.1, -0.05) is 0 Å². The van der Waals surface area contributed by atoms with E-state index in [4.69, 9.17) is 5.11 Å². The monoisotopic (exact) mass is 312 g/mol. The maximum atomic E-state index is 11.8. The standard InChI is InChI=1S/C16H16N4O3/c1-10(21)20-6-2-3-13(20)15-14(18-4-5-19-15)11-7-12(16(22)23)9-17-8-11/h4-5,7-9,13H,2-3,6H2,1H3,(H,22,23). The van der Waals surface area contributed by atoms with Crippen LogP contribution in [0, 0.1) is 0 Å². The van der Waals surface area contributed by atoms with Gasteiger partial charge in [0, 0.05) is 43.8 Å². The average molecular weight is 312 g/mol. The molecule has 0 bridgehead atoms. The third-order valence-electron chi connectivity index (χ3n) is 3.96. The number of carbonyl (C=O) groups excluding carboxylic acids is 1. The lowest BCUT2D eigenvalue weighted by molar-refractivity contribution is -0.129. The fourth-order valence-corrected chi connectivity index (χ4v) is 2.93. The number of carbonyl (C=O) groups is 2. The number of aromatic carboxylic acids is 1. The summed E-state index contributed by atoms with van der Waals surface area (Å²) < 4.78 is 0. The van der Waals surface area contributed by atoms with Crippen LogP contribution in [0.2, 0.25) is 0 Å². The Kier molecular flexibility index (Phi) is 4.01. The summed E-state index contributed by atoms with van der Waals surface area (Å²) >= 11 is 0. The molecule has 23 heavy (non-hydrogen) atoms. The van der Waals surface area contributed by atoms with Crippen molar-refractivity contribution >= 4 is 11.9 Å². The van der Waals surface area contributed by atoms with E-state index in [0.29, 0.717) is 23.5 Å². The van der Waals surface area contributed by atoms with E-state index < -0.39 is 5.97 Å². The first-order chi connectivity index (χ1) is 11.1. The van der Waals surface area contributed by atoms with Crippen molar-refractivity contribution in [3.05, 3.63) is 42.1 Å². The molecule has 7 nitrogen and oxygen atoms in total. The first kappa shape index (κ1) is 15.1. The van der Waals surface area contributed by atoms with E-state index in [9.17, 15) is 9.59 Å². The summed E-state index contributed by atoms with van der Waals surface area (Å²) in [6.07, 6.45) is 7.72. The average Bonchev–Trinajstić information content (AvgIpc) is 3.04. The molecule has 3 heterocycles. The van der Waals surface area contributed by atoms with Crippen LogP contribution in [0.5, 0.6) is 0 Å². The van der Waals surface area contributed by atoms with E-state index in [2.05, 4.69) is 15.0 Å². The normalized spacial score (nSPS) is 17.3. The number of carboxylic acids is 1. The molecule has 1 amide bonds. The van der Waals surface area contributed by atoms with Crippen molar-refractivity contribution in [2.75, 3.05) is 6.54 Å². The van der Waals surface area contributed by atoms with Crippen LogP contribution in [0.4, 0.5) is 0 Å². The molecule has 2 aromatic rings. The zero-order valence-electron chi connectivity index (χ0n) is 12.6. The second kappa shape index (κ2) is 6.12. The first-order valence-electron chi connectivity index (χ1n) is 7.34. The SMILES string of the molecule is CC(=O)N1CCCC1c1nccnc1-c1cncc(C(=O)O)c1. The summed E-state index contributed by atoms with van der Waals surface area (Å²) in [7, 11) is 0. The lowest BCUT2D eigenvalue weighted by Gasteiger charge is -2.24. The number of amides is 1. The van der Waals surface area contributed by atoms with Crippen LogP contribution in [-0.2, 0) is 4.79 Å². The molecule has 0 aliphatic carbocycles. The van der Waals surface area contributed by atoms with Crippen LogP contribution in [-0.4, -0.2) is 43.4 Å². The number of hydrogen-bond donors (Lipinski definition) is 1. The minimum absolute atomic E-state index is 0.00140. The van der Waals surface area contributed by atoms with Crippen LogP contribution in [0.1, 0.15) is 41.9 Å². The fourth-order valence-electron chi connectivity index (χ4n) is 2.93. The van der Waals surface area contributed by atoms with E-state index in [1.54, 1.807) is 30.4 Å². The smallest absolute Gasteiger partial charge is 0.337 e. The highest BCUT2D eigenvalue weighted by Crippen LogP contribution is 2.35. The summed E-state index contributed by atoms with van der Waals surface area (Å²) in [6.45, 7) is 2.24. The second-order valence-corrected chi connectivity index (χ2v) is 5.43. The number of pyridine rings is 1. The Morgan fingerprint density at radius 2 is 2.04 bits per heavy atom. The molecular weight excluding hydrogens is 296 g/mol. The van der Waals surface area contributed by atoms with Gasteiger partial charge in [-0.25, -0.2) is 4.79 Å². The van der Waals surface area contributed by atoms with Crippen molar-refractivity contribution in [2.45, 2.75) is 25.8 Å². The van der Waals surface area contributed by atoms with Gasteiger partial charge in [-0.05, 0) is 18.9 Å². The Balaban J connectivity index is 2.06. The molecular formula is C16H16N4O3. The molecule has 118 valence electrons. The minimum Gasteiger partial charge on any atom is -0.478 e. The van der Waals surface area contributed by atoms with Gasteiger partial charge >= 0.3 is 5.97 Å². The second-order valence-electron chi connectivity index (χ2n) is 5.43. The highest BCUT2D eigenvalue weighted by molar-refractivity contribution is 5.88. The molecule has 1 N–H and O–H groups in total. The van der Waals surface area contributed by atoms with Crippen LogP contribution in [0.3, 0.4) is 0 Å². The largest absolute Gasteiger partial charge is 0.478 e. The van der Waals surface area contributed by atoms with Gasteiger partial charge in [0.15, 0.2) is 0 Å². The highest BCUT2D eigenvalue weighted by Gasteiger charge is 2.31. The number of nitrogens with zero attached hydrogens (tertiary/aromatic N) is 4. The molecule has 0 radical (unpaired) electrons. The predicted octanol–water partition coefficient (Wildman–Crippen LogP) is 1.92. The molecule has 2 aromatic heterocycles. The third kappa shape index (κ3) is 2.90. The van der Waals surface area contributed by atoms with Crippen molar-refractivity contribution < 1.29 is 14.7 Å². The van der Waals surface area contributed by atoms with E-state index in [0.717, 1.165) is 12.8 Å². The Morgan fingerprint density at radius 1 is 1.26 bits per heavy atom. The number of carboxylic acid groups (broad SMARTS) is 1. The summed E-state index contributed by atoms with van der Waals surface area (Å²) in [4.78, 5) is 37.5. The number of hydrogen-bond acceptors (Lipinski definition) is 5. The summed E-state index contributed by atoms with van der Waals surface area (Å²) in [6, 6.07) is 1.39. The molecule has 0 aromatic carbocycles. The van der Waals surface area contributed by atoms with Crippen molar-refractivity contribution in [1.82, 2.24) is 19.9 Å². The number of aromatic nitrogens is 3. The van der Waals surface area contributed by atoms with Crippen LogP contribution < -0.4 is 0 Å². The molecule has 1 aliphatic heterocycles. The van der Waals surface area contributed by atoms with Crippen molar-refractivity contribution in [2.24, 2.45) is 0 Å². The quantitative estimate of drug-likeness (QED) is 0.930. The van der Waals surface area contributed by atoms with Gasteiger partial charge < -0.3 is 10.0 Å². The minimum atomic E-state index is -1.05. The third-order valence-corrected chi connectivity index (χ3v) is 3.96. The van der Waals surface area contributed by atoms with E-state index in [-0.39, 0.29) is 17.5 Å². The fraction of sp³-hybridized carbons (Fsp3) is 0.312. The molecule has 1 atom stereocenters. The van der Waals surface area contributed by atoms with Gasteiger partial charge in [-0.3, -0.25) is 19.7 Å². The molecule has 7 heteroatoms. The molecule has 1 saturated heterocycles. The lowest BCUT2D eigenvalue weighted by Crippen LogP contribution is -2.29. The lowest BCUT2D eigenvalue weighted by atomic mass is 10.0. The van der Waals surface area contributed by atoms with Gasteiger partial charge in [0.05, 0.1) is 23.0 Å². The topological polar surface area (TPSA) is 96.3 Å². The number of rotatable bonds is 3. The van der Waals surface area contributed by atoms with E-state index >= 15 is 0 Å². The summed E-state index contributed by atoms with van der Waals surface area (Å²) in [5, 5.41) is 9.12. The summed E-state index contributed by atoms with van der Waals surface area (Å²) in [5.74, 6) is -1.04. The Labute approximate surface area is 133 Å². The van der Waals surface area contributed by atoms with Gasteiger partial charge in [0.1, 0.15) is 0 Å². The Hall–Kier alpha value is -2.83. The van der Waals surface area contributed by atoms with E-state index in [1.807, 2.05) is 0 Å². The van der Waals surface area contributed by atoms with Crippen LogP contribution in [0.25, 0.3) is 11.3 Å². The van der Waals surface area contributed by atoms with Gasteiger partial charge in [-0.2, -0.15) is 0 Å². The Bertz CT molecular complexity index is 762. The molecule has 1 aliphatic rings. The zero-order chi connectivity index (χ0) is 16.4. The molecule has 0 spiro atoms. The van der Waals surface area contributed by atoms with Gasteiger partial charge in [0.2, 0.25) is 5.91 Å². The summed E-state index contributed by atoms with van der Waals surface area (Å²) in [5.41, 5.74) is 1.93. The maximum Gasteiger partial charge on any atom is 0.337 e.